The molecule has 2 aliphatic rings. The summed E-state index contributed by atoms with van der Waals surface area (Å²) in [7, 11) is 0. The van der Waals surface area contributed by atoms with Gasteiger partial charge >= 0.3 is 0 Å². The van der Waals surface area contributed by atoms with Crippen LogP contribution >= 0.6 is 0 Å². The third-order valence-corrected chi connectivity index (χ3v) is 1.98. The van der Waals surface area contributed by atoms with Crippen LogP contribution in [0.5, 0.6) is 0 Å². The minimum absolute atomic E-state index is 0.477. The third kappa shape index (κ3) is 0.685. The van der Waals surface area contributed by atoms with Gasteiger partial charge in [0.05, 0.1) is 6.04 Å². The van der Waals surface area contributed by atoms with Crippen LogP contribution in [0.4, 0.5) is 0 Å². The molecule has 0 bridgehead atoms. The third-order valence-electron chi connectivity index (χ3n) is 1.98. The van der Waals surface area contributed by atoms with Gasteiger partial charge in [-0.25, -0.2) is 0 Å². The molecule has 0 saturated carbocycles. The first-order valence-corrected chi connectivity index (χ1v) is 3.55. The predicted octanol–water partition coefficient (Wildman–Crippen LogP) is 1.38. The summed E-state index contributed by atoms with van der Waals surface area (Å²) in [6.07, 6.45) is 10.2. The lowest BCUT2D eigenvalue weighted by atomic mass is 10.0. The highest BCUT2D eigenvalue weighted by atomic mass is 15.5. The molecular weight excluding hydrogens is 124 g/mol. The number of allylic oxidation sites excluding steroid dienone is 1. The van der Waals surface area contributed by atoms with Gasteiger partial charge < -0.3 is 0 Å². The van der Waals surface area contributed by atoms with Crippen molar-refractivity contribution in [3.8, 4) is 0 Å². The van der Waals surface area contributed by atoms with Crippen LogP contribution in [0, 0.1) is 5.92 Å². The van der Waals surface area contributed by atoms with Crippen LogP contribution in [0.15, 0.2) is 29.5 Å². The minimum Gasteiger partial charge on any atom is -0.266 e. The Kier molecular flexibility index (Phi) is 1.13. The quantitative estimate of drug-likeness (QED) is 0.488. The lowest BCUT2D eigenvalue weighted by Crippen LogP contribution is -2.26. The molecule has 2 atom stereocenters. The van der Waals surface area contributed by atoms with Gasteiger partial charge in [0, 0.05) is 18.3 Å². The molecule has 0 aromatic heterocycles. The summed E-state index contributed by atoms with van der Waals surface area (Å²) in [5, 5.41) is 6.17. The Morgan fingerprint density at radius 2 is 2.30 bits per heavy atom. The molecule has 2 rings (SSSR count). The van der Waals surface area contributed by atoms with Crippen LogP contribution in [-0.2, 0) is 0 Å². The molecule has 2 unspecified atom stereocenters. The standard InChI is InChI=1S/C8H10N2/c1-7-4-6-10-8(7)3-2-5-9-10/h2-8H,1H3. The van der Waals surface area contributed by atoms with Crippen LogP contribution in [-0.4, -0.2) is 17.3 Å². The Morgan fingerprint density at radius 1 is 1.40 bits per heavy atom. The molecule has 0 saturated heterocycles. The second-order valence-corrected chi connectivity index (χ2v) is 2.72. The summed E-state index contributed by atoms with van der Waals surface area (Å²) in [5.41, 5.74) is 0. The maximum Gasteiger partial charge on any atom is 0.0763 e. The Morgan fingerprint density at radius 3 is 3.10 bits per heavy atom. The monoisotopic (exact) mass is 134 g/mol. The van der Waals surface area contributed by atoms with E-state index in [0.29, 0.717) is 12.0 Å². The minimum atomic E-state index is 0.477. The van der Waals surface area contributed by atoms with E-state index in [0.717, 1.165) is 0 Å². The SMILES string of the molecule is CC1C=CN2N=CC=CC12. The van der Waals surface area contributed by atoms with Gasteiger partial charge in [0.2, 0.25) is 0 Å². The van der Waals surface area contributed by atoms with Crippen molar-refractivity contribution >= 4 is 6.21 Å². The van der Waals surface area contributed by atoms with Crippen LogP contribution < -0.4 is 0 Å². The van der Waals surface area contributed by atoms with Gasteiger partial charge in [0.25, 0.3) is 0 Å². The molecule has 0 radical (unpaired) electrons. The van der Waals surface area contributed by atoms with Crippen LogP contribution in [0.25, 0.3) is 0 Å². The fraction of sp³-hybridized carbons (Fsp3) is 0.375. The molecule has 0 aromatic carbocycles. The van der Waals surface area contributed by atoms with Crippen molar-refractivity contribution in [2.75, 3.05) is 0 Å². The van der Waals surface area contributed by atoms with E-state index in [1.54, 1.807) is 0 Å². The maximum absolute atomic E-state index is 4.18. The summed E-state index contributed by atoms with van der Waals surface area (Å²) in [4.78, 5) is 0. The molecule has 0 amide bonds. The second kappa shape index (κ2) is 1.97. The first-order chi connectivity index (χ1) is 4.88. The summed E-state index contributed by atoms with van der Waals surface area (Å²) in [6, 6.07) is 0.477. The molecule has 0 fully saturated rings. The van der Waals surface area contributed by atoms with Crippen molar-refractivity contribution < 1.29 is 0 Å². The molecule has 0 spiro atoms. The van der Waals surface area contributed by atoms with Crippen LogP contribution in [0.1, 0.15) is 6.92 Å². The molecular formula is C8H10N2. The van der Waals surface area contributed by atoms with Crippen molar-refractivity contribution in [3.63, 3.8) is 0 Å². The predicted molar refractivity (Wildman–Crippen MR) is 41.6 cm³/mol. The topological polar surface area (TPSA) is 15.6 Å². The maximum atomic E-state index is 4.18. The largest absolute Gasteiger partial charge is 0.266 e. The highest BCUT2D eigenvalue weighted by Crippen LogP contribution is 2.23. The van der Waals surface area contributed by atoms with E-state index in [9.17, 15) is 0 Å². The molecule has 2 nitrogen and oxygen atoms in total. The molecule has 10 heavy (non-hydrogen) atoms. The Balaban J connectivity index is 2.26. The number of nitrogens with zero attached hydrogens (tertiary/aromatic N) is 2. The average Bonchev–Trinajstić information content (AvgIpc) is 2.34. The van der Waals surface area contributed by atoms with E-state index in [1.807, 2.05) is 23.5 Å². The molecule has 2 aliphatic heterocycles. The Bertz CT molecular complexity index is 215. The molecule has 2 heteroatoms. The lowest BCUT2D eigenvalue weighted by Gasteiger charge is -2.22. The number of rotatable bonds is 0. The summed E-state index contributed by atoms with van der Waals surface area (Å²) < 4.78 is 0. The van der Waals surface area contributed by atoms with Gasteiger partial charge in [-0.3, -0.25) is 5.01 Å². The fourth-order valence-electron chi connectivity index (χ4n) is 1.34. The normalized spacial score (nSPS) is 35.1. The number of hydrazone groups is 1. The Labute approximate surface area is 60.5 Å². The smallest absolute Gasteiger partial charge is 0.0763 e. The van der Waals surface area contributed by atoms with Crippen molar-refractivity contribution in [3.05, 3.63) is 24.4 Å². The molecule has 0 aliphatic carbocycles. The van der Waals surface area contributed by atoms with Gasteiger partial charge in [-0.15, -0.1) is 0 Å². The first kappa shape index (κ1) is 5.71. The molecule has 52 valence electrons. The van der Waals surface area contributed by atoms with Crippen LogP contribution in [0.2, 0.25) is 0 Å². The van der Waals surface area contributed by atoms with Crippen LogP contribution in [0.3, 0.4) is 0 Å². The Hall–Kier alpha value is -1.05. The second-order valence-electron chi connectivity index (χ2n) is 2.72. The van der Waals surface area contributed by atoms with Crippen molar-refractivity contribution in [2.45, 2.75) is 13.0 Å². The van der Waals surface area contributed by atoms with Crippen molar-refractivity contribution in [1.29, 1.82) is 0 Å². The van der Waals surface area contributed by atoms with E-state index < -0.39 is 0 Å². The van der Waals surface area contributed by atoms with Crippen molar-refractivity contribution in [2.24, 2.45) is 11.0 Å². The lowest BCUT2D eigenvalue weighted by molar-refractivity contribution is 0.322. The first-order valence-electron chi connectivity index (χ1n) is 3.55. The summed E-state index contributed by atoms with van der Waals surface area (Å²) in [6.45, 7) is 2.20. The van der Waals surface area contributed by atoms with Gasteiger partial charge in [-0.2, -0.15) is 5.10 Å². The molecule has 0 N–H and O–H groups in total. The van der Waals surface area contributed by atoms with E-state index in [2.05, 4.69) is 24.2 Å². The zero-order chi connectivity index (χ0) is 6.97. The van der Waals surface area contributed by atoms with E-state index in [-0.39, 0.29) is 0 Å². The van der Waals surface area contributed by atoms with Crippen molar-refractivity contribution in [1.82, 2.24) is 5.01 Å². The molecule has 0 aromatic rings. The zero-order valence-electron chi connectivity index (χ0n) is 5.94. The average molecular weight is 134 g/mol. The van der Waals surface area contributed by atoms with E-state index in [4.69, 9.17) is 0 Å². The number of hydrogen-bond acceptors (Lipinski definition) is 2. The van der Waals surface area contributed by atoms with E-state index in [1.165, 1.54) is 0 Å². The van der Waals surface area contributed by atoms with Gasteiger partial charge in [0.15, 0.2) is 0 Å². The van der Waals surface area contributed by atoms with Gasteiger partial charge in [-0.1, -0.05) is 19.1 Å². The number of hydrogen-bond donors (Lipinski definition) is 0. The number of fused-ring (bicyclic) bond motifs is 1. The van der Waals surface area contributed by atoms with Gasteiger partial charge in [0.1, 0.15) is 0 Å². The summed E-state index contributed by atoms with van der Waals surface area (Å²) >= 11 is 0. The molecule has 2 heterocycles. The summed E-state index contributed by atoms with van der Waals surface area (Å²) in [5.74, 6) is 0.605. The zero-order valence-corrected chi connectivity index (χ0v) is 5.94. The fourth-order valence-corrected chi connectivity index (χ4v) is 1.34. The van der Waals surface area contributed by atoms with Gasteiger partial charge in [-0.05, 0) is 6.08 Å². The highest BCUT2D eigenvalue weighted by molar-refractivity contribution is 5.72. The van der Waals surface area contributed by atoms with E-state index >= 15 is 0 Å². The highest BCUT2D eigenvalue weighted by Gasteiger charge is 2.23.